The molecule has 2 heterocycles. The number of aromatic nitrogens is 2. The van der Waals surface area contributed by atoms with Crippen molar-refractivity contribution in [2.24, 2.45) is 0 Å². The third-order valence-corrected chi connectivity index (χ3v) is 9.58. The molecule has 1 fully saturated rings. The van der Waals surface area contributed by atoms with Crippen molar-refractivity contribution in [1.29, 1.82) is 0 Å². The van der Waals surface area contributed by atoms with Crippen LogP contribution >= 0.6 is 7.14 Å². The second-order valence-corrected chi connectivity index (χ2v) is 11.9. The van der Waals surface area contributed by atoms with Gasteiger partial charge in [0, 0.05) is 42.6 Å². The molecule has 0 bridgehead atoms. The fraction of sp³-hybridized carbons (Fsp3) is 0.231. The highest BCUT2D eigenvalue weighted by molar-refractivity contribution is 7.71. The first-order chi connectivity index (χ1) is 16.4. The lowest BCUT2D eigenvalue weighted by Gasteiger charge is -2.32. The Balaban J connectivity index is 1.41. The maximum Gasteiger partial charge on any atom is 0.272 e. The molecule has 34 heavy (non-hydrogen) atoms. The molecule has 4 aromatic rings. The zero-order chi connectivity index (χ0) is 23.7. The zero-order valence-electron chi connectivity index (χ0n) is 18.5. The van der Waals surface area contributed by atoms with E-state index < -0.39 is 19.1 Å². The van der Waals surface area contributed by atoms with Crippen molar-refractivity contribution in [3.8, 4) is 0 Å². The lowest BCUT2D eigenvalue weighted by Crippen LogP contribution is -2.37. The summed E-state index contributed by atoms with van der Waals surface area (Å²) in [6.07, 6.45) is -0.432. The highest BCUT2D eigenvalue weighted by atomic mass is 31.2. The largest absolute Gasteiger partial charge is 0.382 e. The van der Waals surface area contributed by atoms with Crippen LogP contribution in [-0.4, -0.2) is 45.6 Å². The molecule has 3 aromatic carbocycles. The Bertz CT molecular complexity index is 1430. The van der Waals surface area contributed by atoms with E-state index in [0.29, 0.717) is 41.7 Å². The van der Waals surface area contributed by atoms with Gasteiger partial charge in [-0.05, 0) is 29.3 Å². The van der Waals surface area contributed by atoms with Gasteiger partial charge in [-0.3, -0.25) is 9.69 Å². The molecule has 8 heteroatoms. The number of nitrogens with one attached hydrogen (secondary N) is 1. The zero-order valence-corrected chi connectivity index (χ0v) is 19.4. The van der Waals surface area contributed by atoms with Crippen molar-refractivity contribution in [2.45, 2.75) is 12.6 Å². The molecule has 1 saturated heterocycles. The fourth-order valence-electron chi connectivity index (χ4n) is 4.58. The standard InChI is InChI=1S/C26H25FN3O3P/c27-22-11-10-19(25(31)24-20-8-4-5-9-21(20)26(32)29-28-24)16-23(22)34(33)14-12-30(13-15-34)17-18-6-2-1-3-7-18/h1-11,16,25,31H,12-15,17H2,(H,29,32). The van der Waals surface area contributed by atoms with Crippen LogP contribution in [0.2, 0.25) is 0 Å². The number of H-pyrrole nitrogens is 1. The molecule has 0 aliphatic carbocycles. The van der Waals surface area contributed by atoms with Crippen LogP contribution in [0, 0.1) is 5.82 Å². The summed E-state index contributed by atoms with van der Waals surface area (Å²) in [4.78, 5) is 14.3. The number of hydrogen-bond acceptors (Lipinski definition) is 5. The first kappa shape index (κ1) is 22.7. The van der Waals surface area contributed by atoms with Crippen LogP contribution < -0.4 is 10.9 Å². The maximum absolute atomic E-state index is 14.9. The molecule has 1 unspecified atom stereocenters. The quantitative estimate of drug-likeness (QED) is 0.429. The van der Waals surface area contributed by atoms with Crippen LogP contribution in [0.4, 0.5) is 4.39 Å². The Morgan fingerprint density at radius 2 is 1.68 bits per heavy atom. The Labute approximate surface area is 196 Å². The minimum absolute atomic E-state index is 0.178. The fourth-order valence-corrected chi connectivity index (χ4v) is 7.35. The van der Waals surface area contributed by atoms with Gasteiger partial charge in [0.2, 0.25) is 0 Å². The first-order valence-electron chi connectivity index (χ1n) is 11.2. The van der Waals surface area contributed by atoms with E-state index in [1.165, 1.54) is 23.8 Å². The predicted molar refractivity (Wildman–Crippen MR) is 132 cm³/mol. The highest BCUT2D eigenvalue weighted by Crippen LogP contribution is 2.47. The number of aromatic amines is 1. The van der Waals surface area contributed by atoms with Crippen LogP contribution in [0.5, 0.6) is 0 Å². The van der Waals surface area contributed by atoms with E-state index in [1.807, 2.05) is 18.2 Å². The van der Waals surface area contributed by atoms with Gasteiger partial charge in [0.1, 0.15) is 24.8 Å². The van der Waals surface area contributed by atoms with Crippen LogP contribution in [0.15, 0.2) is 77.6 Å². The second-order valence-electron chi connectivity index (χ2n) is 8.70. The molecule has 1 aromatic heterocycles. The molecular formula is C26H25FN3O3P. The van der Waals surface area contributed by atoms with E-state index in [0.717, 1.165) is 6.54 Å². The number of rotatable bonds is 5. The minimum atomic E-state index is -2.97. The summed E-state index contributed by atoms with van der Waals surface area (Å²) < 4.78 is 28.7. The lowest BCUT2D eigenvalue weighted by molar-refractivity contribution is 0.216. The summed E-state index contributed by atoms with van der Waals surface area (Å²) in [5.74, 6) is -0.518. The van der Waals surface area contributed by atoms with Gasteiger partial charge in [-0.2, -0.15) is 5.10 Å². The summed E-state index contributed by atoms with van der Waals surface area (Å²) in [5.41, 5.74) is 1.50. The third kappa shape index (κ3) is 4.34. The van der Waals surface area contributed by atoms with Crippen molar-refractivity contribution < 1.29 is 14.1 Å². The molecule has 0 spiro atoms. The third-order valence-electron chi connectivity index (χ3n) is 6.51. The second kappa shape index (κ2) is 9.26. The molecule has 174 valence electrons. The number of benzene rings is 3. The van der Waals surface area contributed by atoms with Crippen molar-refractivity contribution in [3.63, 3.8) is 0 Å². The van der Waals surface area contributed by atoms with Crippen LogP contribution in [0.3, 0.4) is 0 Å². The molecule has 5 rings (SSSR count). The molecule has 0 radical (unpaired) electrons. The van der Waals surface area contributed by atoms with Crippen molar-refractivity contribution in [3.05, 3.63) is 106 Å². The average Bonchev–Trinajstić information content (AvgIpc) is 2.86. The lowest BCUT2D eigenvalue weighted by atomic mass is 10.0. The Morgan fingerprint density at radius 1 is 1.00 bits per heavy atom. The smallest absolute Gasteiger partial charge is 0.272 e. The highest BCUT2D eigenvalue weighted by Gasteiger charge is 2.33. The molecule has 1 atom stereocenters. The Kier molecular flexibility index (Phi) is 6.17. The summed E-state index contributed by atoms with van der Waals surface area (Å²) >= 11 is 0. The van der Waals surface area contributed by atoms with E-state index in [-0.39, 0.29) is 16.6 Å². The van der Waals surface area contributed by atoms with Crippen molar-refractivity contribution in [2.75, 3.05) is 25.4 Å². The van der Waals surface area contributed by atoms with E-state index >= 15 is 0 Å². The van der Waals surface area contributed by atoms with Gasteiger partial charge in [-0.15, -0.1) is 0 Å². The monoisotopic (exact) mass is 477 g/mol. The molecule has 1 aliphatic rings. The Hall–Kier alpha value is -3.12. The minimum Gasteiger partial charge on any atom is -0.382 e. The van der Waals surface area contributed by atoms with Crippen LogP contribution in [0.1, 0.15) is 22.9 Å². The molecule has 1 aliphatic heterocycles. The van der Waals surface area contributed by atoms with E-state index in [4.69, 9.17) is 0 Å². The van der Waals surface area contributed by atoms with E-state index in [2.05, 4.69) is 27.2 Å². The number of aliphatic hydroxyl groups is 1. The van der Waals surface area contributed by atoms with Gasteiger partial charge in [-0.25, -0.2) is 9.49 Å². The number of fused-ring (bicyclic) bond motifs is 1. The van der Waals surface area contributed by atoms with Crippen molar-refractivity contribution >= 4 is 23.2 Å². The summed E-state index contributed by atoms with van der Waals surface area (Å²) in [6.45, 7) is 2.00. The molecule has 2 N–H and O–H groups in total. The molecule has 0 amide bonds. The number of aliphatic hydroxyl groups excluding tert-OH is 1. The van der Waals surface area contributed by atoms with E-state index in [1.54, 1.807) is 24.3 Å². The average molecular weight is 477 g/mol. The van der Waals surface area contributed by atoms with Crippen molar-refractivity contribution in [1.82, 2.24) is 15.1 Å². The van der Waals surface area contributed by atoms with Gasteiger partial charge in [0.15, 0.2) is 0 Å². The normalized spacial score (nSPS) is 17.0. The topological polar surface area (TPSA) is 86.3 Å². The van der Waals surface area contributed by atoms with Gasteiger partial charge in [0.05, 0.1) is 5.39 Å². The van der Waals surface area contributed by atoms with Crippen LogP contribution in [0.25, 0.3) is 10.8 Å². The Morgan fingerprint density at radius 3 is 2.41 bits per heavy atom. The summed E-state index contributed by atoms with van der Waals surface area (Å²) in [7, 11) is -2.97. The van der Waals surface area contributed by atoms with Gasteiger partial charge in [0.25, 0.3) is 5.56 Å². The molecule has 6 nitrogen and oxygen atoms in total. The number of hydrogen-bond donors (Lipinski definition) is 2. The van der Waals surface area contributed by atoms with Gasteiger partial charge >= 0.3 is 0 Å². The number of nitrogens with zero attached hydrogens (tertiary/aromatic N) is 2. The maximum atomic E-state index is 14.9. The number of halogens is 1. The molecular weight excluding hydrogens is 452 g/mol. The van der Waals surface area contributed by atoms with E-state index in [9.17, 15) is 18.9 Å². The SMILES string of the molecule is O=c1[nH]nc(C(O)c2ccc(F)c(P3(=O)CCN(Cc4ccccc4)CC3)c2)c2ccccc12. The first-order valence-corrected chi connectivity index (χ1v) is 13.3. The summed E-state index contributed by atoms with van der Waals surface area (Å²) in [6, 6.07) is 21.2. The van der Waals surface area contributed by atoms with Gasteiger partial charge < -0.3 is 9.67 Å². The predicted octanol–water partition coefficient (Wildman–Crippen LogP) is 3.65. The molecule has 0 saturated carbocycles. The van der Waals surface area contributed by atoms with Crippen LogP contribution in [-0.2, 0) is 11.1 Å². The summed E-state index contributed by atoms with van der Waals surface area (Å²) in [5, 5.41) is 18.7. The van der Waals surface area contributed by atoms with Gasteiger partial charge in [-0.1, -0.05) is 54.6 Å².